The maximum atomic E-state index is 11.3. The average Bonchev–Trinajstić information content (AvgIpc) is 2.62. The van der Waals surface area contributed by atoms with Gasteiger partial charge in [0.05, 0.1) is 24.5 Å². The van der Waals surface area contributed by atoms with Crippen molar-refractivity contribution in [2.24, 2.45) is 0 Å². The molecule has 2 aromatic rings. The molecule has 1 aromatic carbocycles. The van der Waals surface area contributed by atoms with E-state index in [1.54, 1.807) is 10.9 Å². The summed E-state index contributed by atoms with van der Waals surface area (Å²) >= 11 is 0. The molecule has 2 rings (SSSR count). The van der Waals surface area contributed by atoms with Crippen LogP contribution in [0.3, 0.4) is 0 Å². The summed E-state index contributed by atoms with van der Waals surface area (Å²) in [5.41, 5.74) is 4.07. The Balaban J connectivity index is 2.25. The molecule has 1 aromatic heterocycles. The number of hydrogen-bond donors (Lipinski definition) is 1. The first-order valence-electron chi connectivity index (χ1n) is 4.53. The van der Waals surface area contributed by atoms with Crippen LogP contribution in [0.2, 0.25) is 0 Å². The summed E-state index contributed by atoms with van der Waals surface area (Å²) in [6.07, 6.45) is 1.64. The largest absolute Gasteiger partial charge is 0.321 e. The summed E-state index contributed by atoms with van der Waals surface area (Å²) in [4.78, 5) is 20.0. The van der Waals surface area contributed by atoms with Crippen LogP contribution in [0.25, 0.3) is 11.0 Å². The number of nitrogens with one attached hydrogen (secondary N) is 1. The Kier molecular flexibility index (Phi) is 2.64. The fourth-order valence-corrected chi connectivity index (χ4v) is 1.44. The summed E-state index contributed by atoms with van der Waals surface area (Å²) in [5, 5.41) is 0. The number of para-hydroxylation sites is 2. The fourth-order valence-electron chi connectivity index (χ4n) is 1.44. The minimum Gasteiger partial charge on any atom is -0.321 e. The van der Waals surface area contributed by atoms with Crippen molar-refractivity contribution < 1.29 is 9.63 Å². The highest BCUT2D eigenvalue weighted by Gasteiger charge is 2.05. The molecule has 1 amide bonds. The van der Waals surface area contributed by atoms with E-state index in [9.17, 15) is 4.79 Å². The van der Waals surface area contributed by atoms with E-state index in [0.29, 0.717) is 0 Å². The van der Waals surface area contributed by atoms with Gasteiger partial charge < -0.3 is 4.57 Å². The van der Waals surface area contributed by atoms with Gasteiger partial charge in [-0.25, -0.2) is 10.5 Å². The first-order chi connectivity index (χ1) is 7.31. The van der Waals surface area contributed by atoms with Gasteiger partial charge in [-0.1, -0.05) is 12.1 Å². The quantitative estimate of drug-likeness (QED) is 0.751. The lowest BCUT2D eigenvalue weighted by Crippen LogP contribution is -2.26. The van der Waals surface area contributed by atoms with Gasteiger partial charge in [-0.3, -0.25) is 9.63 Å². The molecular formula is C10H11N3O2. The van der Waals surface area contributed by atoms with Gasteiger partial charge in [0.25, 0.3) is 5.91 Å². The lowest BCUT2D eigenvalue weighted by molar-refractivity contribution is -0.131. The number of nitrogens with zero attached hydrogens (tertiary/aromatic N) is 2. The van der Waals surface area contributed by atoms with Gasteiger partial charge in [0.2, 0.25) is 0 Å². The average molecular weight is 205 g/mol. The van der Waals surface area contributed by atoms with Crippen LogP contribution in [0.5, 0.6) is 0 Å². The Bertz CT molecular complexity index is 478. The Morgan fingerprint density at radius 1 is 1.53 bits per heavy atom. The topological polar surface area (TPSA) is 56.1 Å². The summed E-state index contributed by atoms with van der Waals surface area (Å²) < 4.78 is 1.77. The lowest BCUT2D eigenvalue weighted by Gasteiger charge is -2.03. The first kappa shape index (κ1) is 9.67. The van der Waals surface area contributed by atoms with Crippen molar-refractivity contribution in [3.8, 4) is 0 Å². The van der Waals surface area contributed by atoms with Crippen LogP contribution < -0.4 is 5.48 Å². The van der Waals surface area contributed by atoms with Crippen molar-refractivity contribution in [2.75, 3.05) is 7.11 Å². The molecule has 0 aliphatic carbocycles. The second kappa shape index (κ2) is 4.10. The SMILES string of the molecule is CONC(=O)Cn1cnc2ccccc21. The molecule has 0 aliphatic rings. The summed E-state index contributed by atoms with van der Waals surface area (Å²) in [5.74, 6) is -0.208. The molecule has 1 N–H and O–H groups in total. The molecule has 0 spiro atoms. The van der Waals surface area contributed by atoms with Gasteiger partial charge in [0.1, 0.15) is 6.54 Å². The molecule has 0 unspecified atom stereocenters. The number of hydrogen-bond acceptors (Lipinski definition) is 3. The third-order valence-electron chi connectivity index (χ3n) is 2.06. The molecule has 0 saturated heterocycles. The predicted molar refractivity (Wildman–Crippen MR) is 54.9 cm³/mol. The van der Waals surface area contributed by atoms with E-state index in [4.69, 9.17) is 0 Å². The fraction of sp³-hybridized carbons (Fsp3) is 0.200. The summed E-state index contributed by atoms with van der Waals surface area (Å²) in [7, 11) is 1.41. The Morgan fingerprint density at radius 3 is 3.13 bits per heavy atom. The van der Waals surface area contributed by atoms with E-state index >= 15 is 0 Å². The number of benzene rings is 1. The summed E-state index contributed by atoms with van der Waals surface area (Å²) in [6.45, 7) is 0.203. The molecule has 0 bridgehead atoms. The number of imidazole rings is 1. The van der Waals surface area contributed by atoms with E-state index in [1.165, 1.54) is 7.11 Å². The lowest BCUT2D eigenvalue weighted by atomic mass is 10.3. The van der Waals surface area contributed by atoms with Crippen LogP contribution >= 0.6 is 0 Å². The van der Waals surface area contributed by atoms with Crippen molar-refractivity contribution >= 4 is 16.9 Å². The van der Waals surface area contributed by atoms with Gasteiger partial charge in [-0.05, 0) is 12.1 Å². The zero-order valence-electron chi connectivity index (χ0n) is 8.30. The van der Waals surface area contributed by atoms with Crippen molar-refractivity contribution in [3.05, 3.63) is 30.6 Å². The molecule has 0 atom stereocenters. The molecule has 78 valence electrons. The van der Waals surface area contributed by atoms with Crippen molar-refractivity contribution in [2.45, 2.75) is 6.54 Å². The minimum atomic E-state index is -0.208. The van der Waals surface area contributed by atoms with E-state index in [-0.39, 0.29) is 12.5 Å². The van der Waals surface area contributed by atoms with E-state index in [2.05, 4.69) is 15.3 Å². The van der Waals surface area contributed by atoms with E-state index in [0.717, 1.165) is 11.0 Å². The van der Waals surface area contributed by atoms with Gasteiger partial charge in [0.15, 0.2) is 0 Å². The highest BCUT2D eigenvalue weighted by Crippen LogP contribution is 2.11. The minimum absolute atomic E-state index is 0.203. The van der Waals surface area contributed by atoms with Crippen LogP contribution in [0.15, 0.2) is 30.6 Å². The number of rotatable bonds is 3. The molecule has 0 radical (unpaired) electrons. The van der Waals surface area contributed by atoms with Crippen molar-refractivity contribution in [1.29, 1.82) is 0 Å². The van der Waals surface area contributed by atoms with Crippen LogP contribution in [0, 0.1) is 0 Å². The monoisotopic (exact) mass is 205 g/mol. The zero-order valence-corrected chi connectivity index (χ0v) is 8.30. The van der Waals surface area contributed by atoms with Crippen LogP contribution in [0.1, 0.15) is 0 Å². The predicted octanol–water partition coefficient (Wildman–Crippen LogP) is 0.714. The smallest absolute Gasteiger partial charge is 0.263 e. The number of hydroxylamine groups is 1. The maximum Gasteiger partial charge on any atom is 0.263 e. The van der Waals surface area contributed by atoms with Crippen LogP contribution in [0.4, 0.5) is 0 Å². The Hall–Kier alpha value is -1.88. The molecule has 0 aliphatic heterocycles. The highest BCUT2D eigenvalue weighted by molar-refractivity contribution is 5.79. The molecule has 0 saturated carbocycles. The van der Waals surface area contributed by atoms with Gasteiger partial charge >= 0.3 is 0 Å². The van der Waals surface area contributed by atoms with Crippen molar-refractivity contribution in [1.82, 2.24) is 15.0 Å². The normalized spacial score (nSPS) is 10.5. The standard InChI is InChI=1S/C10H11N3O2/c1-15-12-10(14)6-13-7-11-8-4-2-3-5-9(8)13/h2-5,7H,6H2,1H3,(H,12,14). The van der Waals surface area contributed by atoms with E-state index < -0.39 is 0 Å². The number of fused-ring (bicyclic) bond motifs is 1. The third-order valence-corrected chi connectivity index (χ3v) is 2.06. The third kappa shape index (κ3) is 1.97. The molecule has 5 nitrogen and oxygen atoms in total. The molecular weight excluding hydrogens is 194 g/mol. The molecule has 0 fully saturated rings. The van der Waals surface area contributed by atoms with Crippen molar-refractivity contribution in [3.63, 3.8) is 0 Å². The number of amides is 1. The van der Waals surface area contributed by atoms with Gasteiger partial charge in [-0.15, -0.1) is 0 Å². The second-order valence-corrected chi connectivity index (χ2v) is 3.09. The number of carbonyl (C=O) groups is 1. The van der Waals surface area contributed by atoms with Gasteiger partial charge in [0, 0.05) is 0 Å². The van der Waals surface area contributed by atoms with Crippen LogP contribution in [-0.2, 0) is 16.2 Å². The van der Waals surface area contributed by atoms with E-state index in [1.807, 2.05) is 24.3 Å². The zero-order chi connectivity index (χ0) is 10.7. The Morgan fingerprint density at radius 2 is 2.33 bits per heavy atom. The Labute approximate surface area is 86.6 Å². The highest BCUT2D eigenvalue weighted by atomic mass is 16.6. The maximum absolute atomic E-state index is 11.3. The molecule has 1 heterocycles. The number of aromatic nitrogens is 2. The van der Waals surface area contributed by atoms with Gasteiger partial charge in [-0.2, -0.15) is 0 Å². The number of carbonyl (C=O) groups excluding carboxylic acids is 1. The molecule has 5 heteroatoms. The molecule has 15 heavy (non-hydrogen) atoms. The summed E-state index contributed by atoms with van der Waals surface area (Å²) in [6, 6.07) is 7.64. The second-order valence-electron chi connectivity index (χ2n) is 3.09. The van der Waals surface area contributed by atoms with Crippen LogP contribution in [-0.4, -0.2) is 22.6 Å². The first-order valence-corrected chi connectivity index (χ1v) is 4.53.